The van der Waals surface area contributed by atoms with Crippen molar-refractivity contribution in [3.05, 3.63) is 23.8 Å². The van der Waals surface area contributed by atoms with E-state index in [4.69, 9.17) is 9.47 Å². The third kappa shape index (κ3) is 3.46. The maximum absolute atomic E-state index is 11.1. The van der Waals surface area contributed by atoms with Crippen LogP contribution in [0.2, 0.25) is 0 Å². The summed E-state index contributed by atoms with van der Waals surface area (Å²) in [5.41, 5.74) is 0.687. The van der Waals surface area contributed by atoms with E-state index in [0.29, 0.717) is 24.3 Å². The van der Waals surface area contributed by atoms with Crippen LogP contribution in [0.4, 0.5) is 0 Å². The van der Waals surface area contributed by atoms with Crippen LogP contribution >= 0.6 is 0 Å². The van der Waals surface area contributed by atoms with E-state index in [1.54, 1.807) is 32.2 Å². The number of esters is 1. The molecular weight excluding hydrogens is 208 g/mol. The minimum atomic E-state index is -0.260. The Labute approximate surface area is 94.8 Å². The van der Waals surface area contributed by atoms with E-state index in [1.807, 2.05) is 0 Å². The van der Waals surface area contributed by atoms with Gasteiger partial charge < -0.3 is 14.6 Å². The van der Waals surface area contributed by atoms with Gasteiger partial charge in [0.05, 0.1) is 13.7 Å². The molecule has 1 N–H and O–H groups in total. The smallest absolute Gasteiger partial charge is 0.306 e. The van der Waals surface area contributed by atoms with Gasteiger partial charge in [-0.25, -0.2) is 0 Å². The third-order valence-corrected chi connectivity index (χ3v) is 2.19. The lowest BCUT2D eigenvalue weighted by atomic mass is 10.1. The summed E-state index contributed by atoms with van der Waals surface area (Å²) in [6, 6.07) is 4.94. The molecule has 4 nitrogen and oxygen atoms in total. The van der Waals surface area contributed by atoms with E-state index in [1.165, 1.54) is 0 Å². The molecule has 16 heavy (non-hydrogen) atoms. The molecule has 0 saturated carbocycles. The topological polar surface area (TPSA) is 55.8 Å². The van der Waals surface area contributed by atoms with Crippen molar-refractivity contribution >= 4 is 5.97 Å². The van der Waals surface area contributed by atoms with Crippen molar-refractivity contribution in [1.82, 2.24) is 0 Å². The van der Waals surface area contributed by atoms with Crippen LogP contribution in [0.5, 0.6) is 11.5 Å². The van der Waals surface area contributed by atoms with E-state index in [-0.39, 0.29) is 18.1 Å². The summed E-state index contributed by atoms with van der Waals surface area (Å²) in [5.74, 6) is 0.575. The zero-order valence-electron chi connectivity index (χ0n) is 9.53. The molecule has 0 aliphatic carbocycles. The van der Waals surface area contributed by atoms with Crippen LogP contribution < -0.4 is 4.74 Å². The first kappa shape index (κ1) is 12.4. The first-order valence-electron chi connectivity index (χ1n) is 5.19. The summed E-state index contributed by atoms with van der Waals surface area (Å²) in [6.07, 6.45) is 0.705. The highest BCUT2D eigenvalue weighted by Crippen LogP contribution is 2.23. The molecule has 0 aliphatic rings. The Hall–Kier alpha value is -1.71. The molecule has 88 valence electrons. The molecule has 1 aromatic rings. The molecule has 0 fully saturated rings. The molecular formula is C12H16O4. The van der Waals surface area contributed by atoms with Gasteiger partial charge in [0, 0.05) is 6.42 Å². The van der Waals surface area contributed by atoms with Crippen molar-refractivity contribution in [2.24, 2.45) is 0 Å². The second-order valence-electron chi connectivity index (χ2n) is 3.30. The predicted octanol–water partition coefficient (Wildman–Crippen LogP) is 1.90. The van der Waals surface area contributed by atoms with Crippen LogP contribution in [-0.2, 0) is 16.0 Å². The number of phenols is 1. The minimum Gasteiger partial charge on any atom is -0.508 e. The van der Waals surface area contributed by atoms with Crippen LogP contribution in [0.15, 0.2) is 18.2 Å². The first-order valence-corrected chi connectivity index (χ1v) is 5.19. The van der Waals surface area contributed by atoms with Gasteiger partial charge in [0.2, 0.25) is 0 Å². The number of aryl methyl sites for hydroxylation is 1. The number of benzene rings is 1. The molecule has 0 atom stereocenters. The lowest BCUT2D eigenvalue weighted by Gasteiger charge is -2.06. The second kappa shape index (κ2) is 6.00. The Kier molecular flexibility index (Phi) is 4.64. The molecule has 1 rings (SSSR count). The fourth-order valence-electron chi connectivity index (χ4n) is 1.36. The number of carbonyl (C=O) groups excluding carboxylic acids is 1. The summed E-state index contributed by atoms with van der Waals surface area (Å²) in [5, 5.41) is 9.57. The van der Waals surface area contributed by atoms with Crippen molar-refractivity contribution in [3.63, 3.8) is 0 Å². The van der Waals surface area contributed by atoms with Crippen LogP contribution in [-0.4, -0.2) is 24.8 Å². The maximum Gasteiger partial charge on any atom is 0.306 e. The van der Waals surface area contributed by atoms with E-state index in [9.17, 15) is 9.90 Å². The first-order chi connectivity index (χ1) is 7.67. The van der Waals surface area contributed by atoms with Crippen LogP contribution in [0.1, 0.15) is 18.9 Å². The number of hydrogen-bond acceptors (Lipinski definition) is 4. The fraction of sp³-hybridized carbons (Fsp3) is 0.417. The Balaban J connectivity index is 2.62. The van der Waals surface area contributed by atoms with Crippen molar-refractivity contribution in [2.75, 3.05) is 13.7 Å². The number of phenolic OH excluding ortho intramolecular Hbond substituents is 1. The maximum atomic E-state index is 11.1. The number of rotatable bonds is 5. The molecule has 0 amide bonds. The SMILES string of the molecule is CCOC(=O)CCc1cc(OC)ccc1O. The molecule has 0 saturated heterocycles. The lowest BCUT2D eigenvalue weighted by molar-refractivity contribution is -0.143. The van der Waals surface area contributed by atoms with Crippen molar-refractivity contribution in [1.29, 1.82) is 0 Å². The molecule has 0 aromatic heterocycles. The Bertz CT molecular complexity index is 360. The summed E-state index contributed by atoms with van der Waals surface area (Å²) < 4.78 is 9.85. The molecule has 0 unspecified atom stereocenters. The van der Waals surface area contributed by atoms with Crippen LogP contribution in [0.3, 0.4) is 0 Å². The summed E-state index contributed by atoms with van der Waals surface area (Å²) in [7, 11) is 1.56. The van der Waals surface area contributed by atoms with Crippen molar-refractivity contribution < 1.29 is 19.4 Å². The van der Waals surface area contributed by atoms with Crippen LogP contribution in [0, 0.1) is 0 Å². The number of ether oxygens (including phenoxy) is 2. The summed E-state index contributed by atoms with van der Waals surface area (Å²) in [4.78, 5) is 11.1. The van der Waals surface area contributed by atoms with Crippen LogP contribution in [0.25, 0.3) is 0 Å². The number of carbonyl (C=O) groups is 1. The number of aromatic hydroxyl groups is 1. The highest BCUT2D eigenvalue weighted by Gasteiger charge is 2.07. The predicted molar refractivity (Wildman–Crippen MR) is 59.6 cm³/mol. The van der Waals surface area contributed by atoms with E-state index in [2.05, 4.69) is 0 Å². The highest BCUT2D eigenvalue weighted by molar-refractivity contribution is 5.69. The zero-order valence-corrected chi connectivity index (χ0v) is 9.53. The van der Waals surface area contributed by atoms with Gasteiger partial charge in [-0.2, -0.15) is 0 Å². The Morgan fingerprint density at radius 2 is 2.19 bits per heavy atom. The lowest BCUT2D eigenvalue weighted by Crippen LogP contribution is -2.05. The van der Waals surface area contributed by atoms with Gasteiger partial charge in [0.1, 0.15) is 11.5 Å². The van der Waals surface area contributed by atoms with E-state index < -0.39 is 0 Å². The summed E-state index contributed by atoms with van der Waals surface area (Å²) >= 11 is 0. The fourth-order valence-corrected chi connectivity index (χ4v) is 1.36. The molecule has 4 heteroatoms. The van der Waals surface area contributed by atoms with Crippen molar-refractivity contribution in [2.45, 2.75) is 19.8 Å². The van der Waals surface area contributed by atoms with Gasteiger partial charge in [0.25, 0.3) is 0 Å². The van der Waals surface area contributed by atoms with Gasteiger partial charge >= 0.3 is 5.97 Å². The number of methoxy groups -OCH3 is 1. The molecule has 0 spiro atoms. The van der Waals surface area contributed by atoms with Gasteiger partial charge in [0.15, 0.2) is 0 Å². The average molecular weight is 224 g/mol. The second-order valence-corrected chi connectivity index (χ2v) is 3.30. The third-order valence-electron chi connectivity index (χ3n) is 2.19. The summed E-state index contributed by atoms with van der Waals surface area (Å²) in [6.45, 7) is 2.14. The largest absolute Gasteiger partial charge is 0.508 e. The minimum absolute atomic E-state index is 0.171. The van der Waals surface area contributed by atoms with E-state index in [0.717, 1.165) is 0 Å². The monoisotopic (exact) mass is 224 g/mol. The van der Waals surface area contributed by atoms with E-state index >= 15 is 0 Å². The molecule has 1 aromatic carbocycles. The van der Waals surface area contributed by atoms with Gasteiger partial charge in [-0.1, -0.05) is 0 Å². The van der Waals surface area contributed by atoms with Crippen molar-refractivity contribution in [3.8, 4) is 11.5 Å². The normalized spacial score (nSPS) is 9.88. The Morgan fingerprint density at radius 3 is 2.81 bits per heavy atom. The molecule has 0 heterocycles. The number of hydrogen-bond donors (Lipinski definition) is 1. The quantitative estimate of drug-likeness (QED) is 0.776. The molecule has 0 radical (unpaired) electrons. The van der Waals surface area contributed by atoms with Gasteiger partial charge in [-0.3, -0.25) is 4.79 Å². The molecule has 0 bridgehead atoms. The standard InChI is InChI=1S/C12H16O4/c1-3-16-12(14)7-4-9-8-10(15-2)5-6-11(9)13/h5-6,8,13H,3-4,7H2,1-2H3. The highest BCUT2D eigenvalue weighted by atomic mass is 16.5. The average Bonchev–Trinajstić information content (AvgIpc) is 2.28. The molecule has 0 aliphatic heterocycles. The van der Waals surface area contributed by atoms with Gasteiger partial charge in [-0.05, 0) is 37.1 Å². The van der Waals surface area contributed by atoms with Gasteiger partial charge in [-0.15, -0.1) is 0 Å². The Morgan fingerprint density at radius 1 is 1.44 bits per heavy atom. The zero-order chi connectivity index (χ0) is 12.0.